The second-order valence-corrected chi connectivity index (χ2v) is 8.51. The lowest BCUT2D eigenvalue weighted by atomic mass is 9.47. The summed E-state index contributed by atoms with van der Waals surface area (Å²) in [6, 6.07) is 0. The summed E-state index contributed by atoms with van der Waals surface area (Å²) >= 11 is 0. The van der Waals surface area contributed by atoms with E-state index in [1.54, 1.807) is 0 Å². The van der Waals surface area contributed by atoms with E-state index in [0.29, 0.717) is 24.0 Å². The van der Waals surface area contributed by atoms with Crippen molar-refractivity contribution in [2.24, 2.45) is 23.2 Å². The fourth-order valence-corrected chi connectivity index (χ4v) is 6.23. The third kappa shape index (κ3) is 1.93. The van der Waals surface area contributed by atoms with Gasteiger partial charge in [0.1, 0.15) is 0 Å². The lowest BCUT2D eigenvalue weighted by Gasteiger charge is -2.59. The zero-order valence-corrected chi connectivity index (χ0v) is 13.8. The first-order valence-electron chi connectivity index (χ1n) is 8.97. The van der Waals surface area contributed by atoms with Gasteiger partial charge in [0.2, 0.25) is 5.91 Å². The number of piperidine rings is 1. The summed E-state index contributed by atoms with van der Waals surface area (Å²) in [7, 11) is 0. The van der Waals surface area contributed by atoms with E-state index in [9.17, 15) is 9.59 Å². The smallest absolute Gasteiger partial charge is 0.220 e. The largest absolute Gasteiger partial charge is 0.351 e. The summed E-state index contributed by atoms with van der Waals surface area (Å²) in [5.74, 6) is 2.61. The molecule has 4 rings (SSSR count). The van der Waals surface area contributed by atoms with Gasteiger partial charge in [-0.3, -0.25) is 9.59 Å². The highest BCUT2D eigenvalue weighted by atomic mass is 16.1. The van der Waals surface area contributed by atoms with Crippen LogP contribution in [0, 0.1) is 23.2 Å². The number of carbonyl (C=O) groups excluding carboxylic acids is 2. The highest BCUT2D eigenvalue weighted by molar-refractivity contribution is 5.91. The van der Waals surface area contributed by atoms with Crippen LogP contribution >= 0.6 is 0 Å². The molecular weight excluding hydrogens is 274 g/mol. The Morgan fingerprint density at radius 2 is 1.82 bits per heavy atom. The van der Waals surface area contributed by atoms with Gasteiger partial charge in [0.05, 0.1) is 0 Å². The molecule has 0 aromatic heterocycles. The number of allylic oxidation sites excluding steroid dienone is 2. The van der Waals surface area contributed by atoms with Gasteiger partial charge in [-0.05, 0) is 74.7 Å². The predicted molar refractivity (Wildman–Crippen MR) is 85.2 cm³/mol. The van der Waals surface area contributed by atoms with Crippen LogP contribution < -0.4 is 5.32 Å². The molecule has 1 heterocycles. The van der Waals surface area contributed by atoms with Crippen molar-refractivity contribution in [3.63, 3.8) is 0 Å². The molecule has 0 spiro atoms. The van der Waals surface area contributed by atoms with Crippen molar-refractivity contribution in [1.29, 1.82) is 0 Å². The molecule has 3 fully saturated rings. The fourth-order valence-electron chi connectivity index (χ4n) is 6.23. The SMILES string of the molecule is CC12CCC3C(CCC4=CC(=O)CCC43C)C1CCC(=O)N2. The molecule has 3 aliphatic carbocycles. The minimum Gasteiger partial charge on any atom is -0.351 e. The maximum atomic E-state index is 11.9. The van der Waals surface area contributed by atoms with Crippen LogP contribution in [0.1, 0.15) is 65.2 Å². The molecule has 1 saturated heterocycles. The quantitative estimate of drug-likeness (QED) is 0.745. The van der Waals surface area contributed by atoms with Crippen LogP contribution in [0.3, 0.4) is 0 Å². The van der Waals surface area contributed by atoms with Crippen LogP contribution in [0.2, 0.25) is 0 Å². The topological polar surface area (TPSA) is 46.2 Å². The average Bonchev–Trinajstić information content (AvgIpc) is 2.46. The van der Waals surface area contributed by atoms with Gasteiger partial charge in [-0.15, -0.1) is 0 Å². The number of fused-ring (bicyclic) bond motifs is 5. The number of ketones is 1. The molecule has 5 unspecified atom stereocenters. The maximum absolute atomic E-state index is 11.9. The van der Waals surface area contributed by atoms with Crippen LogP contribution in [-0.2, 0) is 9.59 Å². The van der Waals surface area contributed by atoms with E-state index in [1.807, 2.05) is 6.08 Å². The van der Waals surface area contributed by atoms with Gasteiger partial charge in [0.15, 0.2) is 5.78 Å². The van der Waals surface area contributed by atoms with Crippen molar-refractivity contribution in [1.82, 2.24) is 5.32 Å². The lowest BCUT2D eigenvalue weighted by molar-refractivity contribution is -0.132. The van der Waals surface area contributed by atoms with Crippen molar-refractivity contribution >= 4 is 11.7 Å². The minimum atomic E-state index is 0.0125. The van der Waals surface area contributed by atoms with Crippen LogP contribution in [-0.4, -0.2) is 17.2 Å². The van der Waals surface area contributed by atoms with E-state index >= 15 is 0 Å². The fraction of sp³-hybridized carbons (Fsp3) is 0.789. The van der Waals surface area contributed by atoms with Crippen LogP contribution in [0.15, 0.2) is 11.6 Å². The van der Waals surface area contributed by atoms with Gasteiger partial charge >= 0.3 is 0 Å². The van der Waals surface area contributed by atoms with Gasteiger partial charge in [-0.1, -0.05) is 12.5 Å². The van der Waals surface area contributed by atoms with E-state index in [0.717, 1.165) is 38.0 Å². The summed E-state index contributed by atoms with van der Waals surface area (Å²) in [6.07, 6.45) is 10.1. The zero-order chi connectivity index (χ0) is 15.5. The molecule has 1 aliphatic heterocycles. The highest BCUT2D eigenvalue weighted by Crippen LogP contribution is 2.60. The highest BCUT2D eigenvalue weighted by Gasteiger charge is 2.56. The van der Waals surface area contributed by atoms with Crippen molar-refractivity contribution in [3.8, 4) is 0 Å². The Balaban J connectivity index is 1.67. The molecule has 3 nitrogen and oxygen atoms in total. The van der Waals surface area contributed by atoms with Crippen molar-refractivity contribution in [3.05, 3.63) is 11.6 Å². The normalized spacial score (nSPS) is 47.7. The summed E-state index contributed by atoms with van der Waals surface area (Å²) in [4.78, 5) is 23.7. The predicted octanol–water partition coefficient (Wildman–Crippen LogP) is 3.39. The van der Waals surface area contributed by atoms with E-state index < -0.39 is 0 Å². The Kier molecular flexibility index (Phi) is 3.08. The van der Waals surface area contributed by atoms with Gasteiger partial charge < -0.3 is 5.32 Å². The summed E-state index contributed by atoms with van der Waals surface area (Å²) < 4.78 is 0. The summed E-state index contributed by atoms with van der Waals surface area (Å²) in [6.45, 7) is 4.68. The molecule has 0 aromatic carbocycles. The Hall–Kier alpha value is -1.12. The molecule has 120 valence electrons. The van der Waals surface area contributed by atoms with Gasteiger partial charge in [0.25, 0.3) is 0 Å². The number of hydrogen-bond acceptors (Lipinski definition) is 2. The zero-order valence-electron chi connectivity index (χ0n) is 13.8. The average molecular weight is 301 g/mol. The van der Waals surface area contributed by atoms with Gasteiger partial charge in [-0.25, -0.2) is 0 Å². The monoisotopic (exact) mass is 301 g/mol. The Labute approximate surface area is 132 Å². The van der Waals surface area contributed by atoms with Gasteiger partial charge in [-0.2, -0.15) is 0 Å². The third-order valence-corrected chi connectivity index (χ3v) is 7.46. The molecule has 0 aromatic rings. The molecule has 4 aliphatic rings. The number of amides is 1. The third-order valence-electron chi connectivity index (χ3n) is 7.46. The van der Waals surface area contributed by atoms with E-state index in [-0.39, 0.29) is 16.9 Å². The number of hydrogen-bond donors (Lipinski definition) is 1. The standard InChI is InChI=1S/C19H27NO2/c1-18-9-7-13(21)11-12(18)3-4-14-15(18)8-10-19(2)16(14)5-6-17(22)20-19/h11,14-16H,3-10H2,1-2H3,(H,20,22). The van der Waals surface area contributed by atoms with Crippen molar-refractivity contribution < 1.29 is 9.59 Å². The van der Waals surface area contributed by atoms with Crippen molar-refractivity contribution in [2.45, 2.75) is 70.8 Å². The number of carbonyl (C=O) groups is 2. The Morgan fingerprint density at radius 1 is 1.00 bits per heavy atom. The number of rotatable bonds is 0. The molecule has 1 amide bonds. The summed E-state index contributed by atoms with van der Waals surface area (Å²) in [5.41, 5.74) is 1.67. The van der Waals surface area contributed by atoms with Crippen LogP contribution in [0.4, 0.5) is 0 Å². The molecule has 3 heteroatoms. The Morgan fingerprint density at radius 3 is 2.64 bits per heavy atom. The lowest BCUT2D eigenvalue weighted by Crippen LogP contribution is -2.62. The second-order valence-electron chi connectivity index (χ2n) is 8.51. The maximum Gasteiger partial charge on any atom is 0.220 e. The first-order valence-corrected chi connectivity index (χ1v) is 8.97. The van der Waals surface area contributed by atoms with Crippen LogP contribution in [0.25, 0.3) is 0 Å². The molecule has 2 saturated carbocycles. The minimum absolute atomic E-state index is 0.0125. The molecular formula is C19H27NO2. The molecule has 1 N–H and O–H groups in total. The molecule has 5 atom stereocenters. The van der Waals surface area contributed by atoms with Crippen molar-refractivity contribution in [2.75, 3.05) is 0 Å². The summed E-state index contributed by atoms with van der Waals surface area (Å²) in [5, 5.41) is 3.31. The molecule has 22 heavy (non-hydrogen) atoms. The van der Waals surface area contributed by atoms with E-state index in [2.05, 4.69) is 19.2 Å². The number of nitrogens with one attached hydrogen (secondary N) is 1. The molecule has 0 radical (unpaired) electrons. The van der Waals surface area contributed by atoms with E-state index in [1.165, 1.54) is 18.4 Å². The van der Waals surface area contributed by atoms with Crippen LogP contribution in [0.5, 0.6) is 0 Å². The van der Waals surface area contributed by atoms with E-state index in [4.69, 9.17) is 0 Å². The first-order chi connectivity index (χ1) is 10.4. The first kappa shape index (κ1) is 14.5. The Bertz CT molecular complexity index is 566. The second kappa shape index (κ2) is 4.69. The molecule has 0 bridgehead atoms. The van der Waals surface area contributed by atoms with Gasteiger partial charge in [0, 0.05) is 18.4 Å².